The topological polar surface area (TPSA) is 71.0 Å². The number of aromatic nitrogens is 1. The van der Waals surface area contributed by atoms with E-state index in [1.54, 1.807) is 21.3 Å². The highest BCUT2D eigenvalue weighted by Gasteiger charge is 2.23. The van der Waals surface area contributed by atoms with E-state index < -0.39 is 0 Å². The maximum absolute atomic E-state index is 5.38. The van der Waals surface area contributed by atoms with E-state index >= 15 is 0 Å². The minimum absolute atomic E-state index is 0. The fourth-order valence-corrected chi connectivity index (χ4v) is 3.57. The number of aliphatic imine (C=N–C) groups is 1. The van der Waals surface area contributed by atoms with Crippen molar-refractivity contribution in [1.29, 1.82) is 0 Å². The Morgan fingerprint density at radius 1 is 1.20 bits per heavy atom. The van der Waals surface area contributed by atoms with E-state index in [4.69, 9.17) is 9.47 Å². The highest BCUT2D eigenvalue weighted by Crippen LogP contribution is 2.24. The lowest BCUT2D eigenvalue weighted by atomic mass is 10.2. The summed E-state index contributed by atoms with van der Waals surface area (Å²) in [6, 6.07) is 12.4. The van der Waals surface area contributed by atoms with Crippen LogP contribution in [0.5, 0.6) is 11.5 Å². The zero-order valence-electron chi connectivity index (χ0n) is 18.1. The molecular weight excluding hydrogens is 493 g/mol. The van der Waals surface area contributed by atoms with E-state index in [2.05, 4.69) is 37.6 Å². The fourth-order valence-electron chi connectivity index (χ4n) is 3.57. The third-order valence-electron chi connectivity index (χ3n) is 5.04. The number of methoxy groups -OCH3 is 2. The summed E-state index contributed by atoms with van der Waals surface area (Å²) < 4.78 is 10.8. The third-order valence-corrected chi connectivity index (χ3v) is 5.04. The normalized spacial score (nSPS) is 16.7. The quantitative estimate of drug-likeness (QED) is 0.329. The summed E-state index contributed by atoms with van der Waals surface area (Å²) >= 11 is 0. The third kappa shape index (κ3) is 7.02. The van der Waals surface area contributed by atoms with Crippen molar-refractivity contribution < 1.29 is 9.47 Å². The number of rotatable bonds is 7. The molecule has 1 fully saturated rings. The van der Waals surface area contributed by atoms with Gasteiger partial charge >= 0.3 is 0 Å². The van der Waals surface area contributed by atoms with Crippen molar-refractivity contribution in [1.82, 2.24) is 20.5 Å². The molecule has 0 aliphatic carbocycles. The molecule has 1 aromatic carbocycles. The summed E-state index contributed by atoms with van der Waals surface area (Å²) in [7, 11) is 5.16. The molecule has 0 radical (unpaired) electrons. The van der Waals surface area contributed by atoms with Gasteiger partial charge in [-0.05, 0) is 43.2 Å². The molecule has 2 N–H and O–H groups in total. The predicted octanol–water partition coefficient (Wildman–Crippen LogP) is 2.96. The van der Waals surface area contributed by atoms with Crippen LogP contribution in [-0.2, 0) is 13.1 Å². The number of benzene rings is 1. The number of guanidine groups is 1. The lowest BCUT2D eigenvalue weighted by molar-refractivity contribution is 0.321. The minimum atomic E-state index is 0. The summed E-state index contributed by atoms with van der Waals surface area (Å²) in [6.07, 6.45) is 1.07. The van der Waals surface area contributed by atoms with Crippen LogP contribution in [0.15, 0.2) is 41.4 Å². The molecule has 0 amide bonds. The molecule has 7 nitrogen and oxygen atoms in total. The molecule has 2 heterocycles. The highest BCUT2D eigenvalue weighted by molar-refractivity contribution is 14.0. The van der Waals surface area contributed by atoms with Crippen molar-refractivity contribution in [3.8, 4) is 11.5 Å². The first-order valence-electron chi connectivity index (χ1n) is 9.93. The number of hydrogen-bond donors (Lipinski definition) is 2. The van der Waals surface area contributed by atoms with E-state index in [1.165, 1.54) is 5.56 Å². The minimum Gasteiger partial charge on any atom is -0.497 e. The molecule has 1 aliphatic rings. The first kappa shape index (κ1) is 24.2. The van der Waals surface area contributed by atoms with E-state index in [0.29, 0.717) is 12.6 Å². The summed E-state index contributed by atoms with van der Waals surface area (Å²) in [6.45, 7) is 5.52. The molecular formula is C22H32IN5O2. The Kier molecular flexibility index (Phi) is 9.64. The van der Waals surface area contributed by atoms with Crippen LogP contribution in [0, 0.1) is 6.92 Å². The molecule has 1 atom stereocenters. The molecule has 0 bridgehead atoms. The van der Waals surface area contributed by atoms with Crippen LogP contribution in [0.4, 0.5) is 0 Å². The Morgan fingerprint density at radius 3 is 2.57 bits per heavy atom. The molecule has 164 valence electrons. The van der Waals surface area contributed by atoms with Gasteiger partial charge in [-0.2, -0.15) is 0 Å². The Hall–Kier alpha value is -2.07. The number of pyridine rings is 1. The Labute approximate surface area is 196 Å². The van der Waals surface area contributed by atoms with E-state index in [1.807, 2.05) is 31.2 Å². The number of nitrogens with one attached hydrogen (secondary N) is 2. The maximum atomic E-state index is 5.38. The standard InChI is InChI=1S/C22H31N5O2.HI/c1-16-6-5-7-18(25-16)13-24-22(23-2)26-19-8-9-27(15-19)14-17-10-20(28-3)12-21(11-17)29-4;/h5-7,10-12,19H,8-9,13-15H2,1-4H3,(H2,23,24,26);1H. The van der Waals surface area contributed by atoms with Gasteiger partial charge in [0.15, 0.2) is 5.96 Å². The van der Waals surface area contributed by atoms with Crippen molar-refractivity contribution >= 4 is 29.9 Å². The molecule has 8 heteroatoms. The fraction of sp³-hybridized carbons (Fsp3) is 0.455. The van der Waals surface area contributed by atoms with Gasteiger partial charge < -0.3 is 20.1 Å². The lowest BCUT2D eigenvalue weighted by Crippen LogP contribution is -2.44. The molecule has 1 aromatic heterocycles. The molecule has 0 saturated carbocycles. The van der Waals surface area contributed by atoms with Crippen LogP contribution in [0.3, 0.4) is 0 Å². The van der Waals surface area contributed by atoms with Crippen LogP contribution in [0.1, 0.15) is 23.4 Å². The highest BCUT2D eigenvalue weighted by atomic mass is 127. The first-order valence-corrected chi connectivity index (χ1v) is 9.93. The molecule has 30 heavy (non-hydrogen) atoms. The van der Waals surface area contributed by atoms with Crippen LogP contribution < -0.4 is 20.1 Å². The van der Waals surface area contributed by atoms with Crippen LogP contribution in [0.25, 0.3) is 0 Å². The Bertz CT molecular complexity index is 824. The molecule has 1 saturated heterocycles. The van der Waals surface area contributed by atoms with Gasteiger partial charge in [0.25, 0.3) is 0 Å². The Balaban J connectivity index is 0.00000320. The van der Waals surface area contributed by atoms with Crippen molar-refractivity contribution in [3.63, 3.8) is 0 Å². The number of hydrogen-bond acceptors (Lipinski definition) is 5. The monoisotopic (exact) mass is 525 g/mol. The number of likely N-dealkylation sites (tertiary alicyclic amines) is 1. The van der Waals surface area contributed by atoms with Gasteiger partial charge in [-0.25, -0.2) is 0 Å². The second kappa shape index (κ2) is 11.9. The number of aryl methyl sites for hydroxylation is 1. The van der Waals surface area contributed by atoms with Crippen LogP contribution in [-0.4, -0.2) is 56.2 Å². The van der Waals surface area contributed by atoms with Gasteiger partial charge in [0.1, 0.15) is 11.5 Å². The number of nitrogens with zero attached hydrogens (tertiary/aromatic N) is 3. The van der Waals surface area contributed by atoms with Crippen LogP contribution in [0.2, 0.25) is 0 Å². The first-order chi connectivity index (χ1) is 14.1. The predicted molar refractivity (Wildman–Crippen MR) is 131 cm³/mol. The number of halogens is 1. The largest absolute Gasteiger partial charge is 0.497 e. The van der Waals surface area contributed by atoms with E-state index in [9.17, 15) is 0 Å². The summed E-state index contributed by atoms with van der Waals surface area (Å²) in [5.74, 6) is 2.45. The van der Waals surface area contributed by atoms with Gasteiger partial charge in [0, 0.05) is 44.5 Å². The van der Waals surface area contributed by atoms with Crippen molar-refractivity contribution in [2.45, 2.75) is 32.5 Å². The van der Waals surface area contributed by atoms with Gasteiger partial charge in [0.2, 0.25) is 0 Å². The molecule has 0 spiro atoms. The average molecular weight is 525 g/mol. The molecule has 1 unspecified atom stereocenters. The number of ether oxygens (including phenoxy) is 2. The van der Waals surface area contributed by atoms with Crippen molar-refractivity contribution in [2.75, 3.05) is 34.4 Å². The summed E-state index contributed by atoms with van der Waals surface area (Å²) in [5, 5.41) is 6.89. The van der Waals surface area contributed by atoms with Crippen molar-refractivity contribution in [2.24, 2.45) is 4.99 Å². The van der Waals surface area contributed by atoms with Gasteiger partial charge in [-0.3, -0.25) is 14.9 Å². The van der Waals surface area contributed by atoms with Gasteiger partial charge in [-0.1, -0.05) is 6.07 Å². The molecule has 2 aromatic rings. The van der Waals surface area contributed by atoms with Gasteiger partial charge in [0.05, 0.1) is 26.5 Å². The van der Waals surface area contributed by atoms with Gasteiger partial charge in [-0.15, -0.1) is 24.0 Å². The lowest BCUT2D eigenvalue weighted by Gasteiger charge is -2.19. The van der Waals surface area contributed by atoms with Crippen LogP contribution >= 0.6 is 24.0 Å². The maximum Gasteiger partial charge on any atom is 0.191 e. The zero-order valence-corrected chi connectivity index (χ0v) is 20.5. The zero-order chi connectivity index (χ0) is 20.6. The van der Waals surface area contributed by atoms with Crippen molar-refractivity contribution in [3.05, 3.63) is 53.3 Å². The summed E-state index contributed by atoms with van der Waals surface area (Å²) in [5.41, 5.74) is 3.22. The SMILES string of the molecule is CN=C(NCc1cccc(C)n1)NC1CCN(Cc2cc(OC)cc(OC)c2)C1.I. The molecule has 1 aliphatic heterocycles. The summed E-state index contributed by atoms with van der Waals surface area (Å²) in [4.78, 5) is 11.3. The smallest absolute Gasteiger partial charge is 0.191 e. The second-order valence-corrected chi connectivity index (χ2v) is 7.28. The molecule has 3 rings (SSSR count). The second-order valence-electron chi connectivity index (χ2n) is 7.28. The van der Waals surface area contributed by atoms with E-state index in [0.717, 1.165) is 54.9 Å². The Morgan fingerprint density at radius 2 is 1.93 bits per heavy atom. The average Bonchev–Trinajstić information content (AvgIpc) is 3.17. The van der Waals surface area contributed by atoms with E-state index in [-0.39, 0.29) is 24.0 Å².